The van der Waals surface area contributed by atoms with Gasteiger partial charge >= 0.3 is 0 Å². The van der Waals surface area contributed by atoms with E-state index in [0.717, 1.165) is 5.56 Å². The molecule has 0 aliphatic carbocycles. The summed E-state index contributed by atoms with van der Waals surface area (Å²) < 4.78 is 10.2. The predicted molar refractivity (Wildman–Crippen MR) is 78.2 cm³/mol. The number of aromatic nitrogens is 3. The summed E-state index contributed by atoms with van der Waals surface area (Å²) in [5.74, 6) is 0.890. The molecule has 0 saturated heterocycles. The smallest absolute Gasteiger partial charge is 0.272 e. The zero-order chi connectivity index (χ0) is 15.4. The minimum atomic E-state index is -0.273. The van der Waals surface area contributed by atoms with E-state index in [2.05, 4.69) is 20.5 Å². The van der Waals surface area contributed by atoms with Crippen LogP contribution < -0.4 is 10.1 Å². The third-order valence-electron chi connectivity index (χ3n) is 3.06. The molecule has 7 nitrogen and oxygen atoms in total. The van der Waals surface area contributed by atoms with E-state index in [0.29, 0.717) is 29.6 Å². The molecular weight excluding hydrogens is 284 g/mol. The topological polar surface area (TPSA) is 93.0 Å². The number of amides is 1. The van der Waals surface area contributed by atoms with E-state index in [1.54, 1.807) is 43.8 Å². The molecular formula is C15H14N4O3. The number of aromatic amines is 1. The molecule has 3 aromatic rings. The molecule has 0 aliphatic heterocycles. The van der Waals surface area contributed by atoms with Crippen LogP contribution in [0.15, 0.2) is 47.2 Å². The second-order valence-corrected chi connectivity index (χ2v) is 4.54. The average Bonchev–Trinajstić information content (AvgIpc) is 3.23. The van der Waals surface area contributed by atoms with Crippen molar-refractivity contribution in [2.45, 2.75) is 6.54 Å². The number of H-pyrrole nitrogens is 1. The molecule has 7 heteroatoms. The van der Waals surface area contributed by atoms with Gasteiger partial charge in [-0.25, -0.2) is 4.98 Å². The maximum Gasteiger partial charge on any atom is 0.272 e. The van der Waals surface area contributed by atoms with Gasteiger partial charge in [-0.05, 0) is 17.7 Å². The van der Waals surface area contributed by atoms with Gasteiger partial charge in [-0.2, -0.15) is 5.10 Å². The lowest BCUT2D eigenvalue weighted by molar-refractivity contribution is 0.0946. The fraction of sp³-hybridized carbons (Fsp3) is 0.133. The number of carbonyl (C=O) groups is 1. The molecule has 0 radical (unpaired) electrons. The van der Waals surface area contributed by atoms with Crippen LogP contribution in [0.2, 0.25) is 0 Å². The minimum Gasteiger partial charge on any atom is -0.481 e. The molecule has 0 unspecified atom stereocenters. The van der Waals surface area contributed by atoms with Gasteiger partial charge in [0.15, 0.2) is 11.5 Å². The third-order valence-corrected chi connectivity index (χ3v) is 3.06. The van der Waals surface area contributed by atoms with Crippen LogP contribution in [-0.4, -0.2) is 28.2 Å². The van der Waals surface area contributed by atoms with Gasteiger partial charge < -0.3 is 14.5 Å². The molecule has 0 aliphatic rings. The molecule has 3 heterocycles. The van der Waals surface area contributed by atoms with Crippen LogP contribution in [0.25, 0.3) is 11.5 Å². The summed E-state index contributed by atoms with van der Waals surface area (Å²) in [5.41, 5.74) is 1.82. The Morgan fingerprint density at radius 1 is 1.41 bits per heavy atom. The van der Waals surface area contributed by atoms with Crippen LogP contribution in [0.3, 0.4) is 0 Å². The maximum absolute atomic E-state index is 12.1. The second-order valence-electron chi connectivity index (χ2n) is 4.54. The van der Waals surface area contributed by atoms with Crippen molar-refractivity contribution >= 4 is 5.91 Å². The first kappa shape index (κ1) is 13.9. The van der Waals surface area contributed by atoms with Crippen LogP contribution >= 0.6 is 0 Å². The monoisotopic (exact) mass is 298 g/mol. The molecule has 0 fully saturated rings. The van der Waals surface area contributed by atoms with Gasteiger partial charge in [0.25, 0.3) is 5.91 Å². The first-order valence-electron chi connectivity index (χ1n) is 6.62. The minimum absolute atomic E-state index is 0.273. The lowest BCUT2D eigenvalue weighted by Crippen LogP contribution is -2.23. The van der Waals surface area contributed by atoms with Crippen LogP contribution in [-0.2, 0) is 6.54 Å². The number of furan rings is 1. The number of nitrogens with zero attached hydrogens (tertiary/aromatic N) is 2. The van der Waals surface area contributed by atoms with Crippen molar-refractivity contribution < 1.29 is 13.9 Å². The third kappa shape index (κ3) is 2.98. The molecule has 0 aromatic carbocycles. The van der Waals surface area contributed by atoms with Gasteiger partial charge in [-0.1, -0.05) is 6.07 Å². The Hall–Kier alpha value is -3.09. The summed E-state index contributed by atoms with van der Waals surface area (Å²) in [4.78, 5) is 16.1. The maximum atomic E-state index is 12.1. The van der Waals surface area contributed by atoms with Gasteiger partial charge in [0.2, 0.25) is 5.88 Å². The summed E-state index contributed by atoms with van der Waals surface area (Å²) in [5, 5.41) is 9.53. The summed E-state index contributed by atoms with van der Waals surface area (Å²) in [6.45, 7) is 0.360. The van der Waals surface area contributed by atoms with Crippen LogP contribution in [0, 0.1) is 0 Å². The van der Waals surface area contributed by atoms with E-state index >= 15 is 0 Å². The van der Waals surface area contributed by atoms with E-state index in [4.69, 9.17) is 9.15 Å². The summed E-state index contributed by atoms with van der Waals surface area (Å²) in [7, 11) is 1.55. The largest absolute Gasteiger partial charge is 0.481 e. The van der Waals surface area contributed by atoms with Crippen molar-refractivity contribution in [2.24, 2.45) is 0 Å². The highest BCUT2D eigenvalue weighted by molar-refractivity contribution is 5.93. The first-order valence-corrected chi connectivity index (χ1v) is 6.62. The molecule has 112 valence electrons. The number of pyridine rings is 1. The SMILES string of the molecule is COc1ccc(CNC(=O)c2cc(-c3ccco3)[nH]n2)cn1. The van der Waals surface area contributed by atoms with Gasteiger partial charge in [0.1, 0.15) is 5.69 Å². The normalized spacial score (nSPS) is 10.4. The number of carbonyl (C=O) groups excluding carboxylic acids is 1. The van der Waals surface area contributed by atoms with Crippen molar-refractivity contribution in [1.29, 1.82) is 0 Å². The number of methoxy groups -OCH3 is 1. The number of hydrogen-bond acceptors (Lipinski definition) is 5. The van der Waals surface area contributed by atoms with Gasteiger partial charge in [-0.15, -0.1) is 0 Å². The number of rotatable bonds is 5. The van der Waals surface area contributed by atoms with Gasteiger partial charge in [0, 0.05) is 24.9 Å². The fourth-order valence-corrected chi connectivity index (χ4v) is 1.91. The van der Waals surface area contributed by atoms with Crippen molar-refractivity contribution in [3.63, 3.8) is 0 Å². The van der Waals surface area contributed by atoms with E-state index in [1.165, 1.54) is 0 Å². The quantitative estimate of drug-likeness (QED) is 0.751. The number of ether oxygens (including phenoxy) is 1. The zero-order valence-corrected chi connectivity index (χ0v) is 11.9. The van der Waals surface area contributed by atoms with Crippen molar-refractivity contribution in [2.75, 3.05) is 7.11 Å². The Kier molecular flexibility index (Phi) is 3.86. The van der Waals surface area contributed by atoms with E-state index < -0.39 is 0 Å². The molecule has 0 spiro atoms. The van der Waals surface area contributed by atoms with Crippen molar-refractivity contribution in [3.05, 3.63) is 54.0 Å². The van der Waals surface area contributed by atoms with Gasteiger partial charge in [-0.3, -0.25) is 9.89 Å². The highest BCUT2D eigenvalue weighted by atomic mass is 16.5. The standard InChI is InChI=1S/C15H14N4O3/c1-21-14-5-4-10(8-16-14)9-17-15(20)12-7-11(18-19-12)13-3-2-6-22-13/h2-8H,9H2,1H3,(H,17,20)(H,18,19). The lowest BCUT2D eigenvalue weighted by atomic mass is 10.2. The fourth-order valence-electron chi connectivity index (χ4n) is 1.91. The molecule has 0 bridgehead atoms. The molecule has 22 heavy (non-hydrogen) atoms. The van der Waals surface area contributed by atoms with E-state index in [-0.39, 0.29) is 5.91 Å². The summed E-state index contributed by atoms with van der Waals surface area (Å²) in [6.07, 6.45) is 3.21. The molecule has 2 N–H and O–H groups in total. The van der Waals surface area contributed by atoms with E-state index in [9.17, 15) is 4.79 Å². The summed E-state index contributed by atoms with van der Waals surface area (Å²) in [6, 6.07) is 8.78. The van der Waals surface area contributed by atoms with Gasteiger partial charge in [0.05, 0.1) is 13.4 Å². The second kappa shape index (κ2) is 6.13. The Labute approximate surface area is 126 Å². The highest BCUT2D eigenvalue weighted by Crippen LogP contribution is 2.17. The highest BCUT2D eigenvalue weighted by Gasteiger charge is 2.12. The predicted octanol–water partition coefficient (Wildman–Crippen LogP) is 2.00. The van der Waals surface area contributed by atoms with Crippen molar-refractivity contribution in [1.82, 2.24) is 20.5 Å². The Bertz CT molecular complexity index is 747. The van der Waals surface area contributed by atoms with Crippen LogP contribution in [0.1, 0.15) is 16.1 Å². The molecule has 3 rings (SSSR count). The molecule has 0 atom stereocenters. The molecule has 1 amide bonds. The Morgan fingerprint density at radius 3 is 3.00 bits per heavy atom. The first-order chi connectivity index (χ1) is 10.8. The molecule has 0 saturated carbocycles. The molecule has 3 aromatic heterocycles. The average molecular weight is 298 g/mol. The van der Waals surface area contributed by atoms with Crippen molar-refractivity contribution in [3.8, 4) is 17.3 Å². The van der Waals surface area contributed by atoms with E-state index in [1.807, 2.05) is 6.07 Å². The number of nitrogens with one attached hydrogen (secondary N) is 2. The zero-order valence-electron chi connectivity index (χ0n) is 11.9. The lowest BCUT2D eigenvalue weighted by Gasteiger charge is -2.04. The number of hydrogen-bond donors (Lipinski definition) is 2. The van der Waals surface area contributed by atoms with Crippen LogP contribution in [0.5, 0.6) is 5.88 Å². The Balaban J connectivity index is 1.62. The Morgan fingerprint density at radius 2 is 2.32 bits per heavy atom. The van der Waals surface area contributed by atoms with Crippen LogP contribution in [0.4, 0.5) is 0 Å². The summed E-state index contributed by atoms with van der Waals surface area (Å²) >= 11 is 0.